The zero-order valence-corrected chi connectivity index (χ0v) is 8.09. The summed E-state index contributed by atoms with van der Waals surface area (Å²) in [6, 6.07) is 11.5. The van der Waals surface area contributed by atoms with E-state index in [9.17, 15) is 0 Å². The van der Waals surface area contributed by atoms with Crippen molar-refractivity contribution >= 4 is 0 Å². The lowest BCUT2D eigenvalue weighted by Gasteiger charge is -2.00. The Kier molecular flexibility index (Phi) is 2.70. The highest BCUT2D eigenvalue weighted by Gasteiger charge is 2.00. The second kappa shape index (κ2) is 4.34. The van der Waals surface area contributed by atoms with Gasteiger partial charge in [0.05, 0.1) is 23.9 Å². The normalized spacial score (nSPS) is 9.53. The van der Waals surface area contributed by atoms with E-state index < -0.39 is 0 Å². The molecule has 0 saturated heterocycles. The van der Waals surface area contributed by atoms with Crippen molar-refractivity contribution in [2.45, 2.75) is 6.42 Å². The van der Waals surface area contributed by atoms with Crippen LogP contribution < -0.4 is 0 Å². The quantitative estimate of drug-likeness (QED) is 0.738. The van der Waals surface area contributed by atoms with E-state index in [1.807, 2.05) is 30.3 Å². The first kappa shape index (κ1) is 9.35. The number of nitrogens with zero attached hydrogens (tertiary/aromatic N) is 3. The molecule has 0 fully saturated rings. The molecule has 2 aromatic heterocycles. The number of aromatic nitrogens is 2. The lowest BCUT2D eigenvalue weighted by Crippen LogP contribution is -1.89. The average molecular weight is 195 g/mol. The molecule has 0 aliphatic heterocycles. The molecule has 2 aromatic rings. The van der Waals surface area contributed by atoms with E-state index >= 15 is 0 Å². The van der Waals surface area contributed by atoms with Crippen LogP contribution in [0.1, 0.15) is 5.56 Å². The third-order valence-corrected chi connectivity index (χ3v) is 2.03. The Labute approximate surface area is 88.1 Å². The molecule has 0 aliphatic carbocycles. The van der Waals surface area contributed by atoms with E-state index in [1.165, 1.54) is 0 Å². The number of rotatable bonds is 2. The van der Waals surface area contributed by atoms with Crippen molar-refractivity contribution in [1.29, 1.82) is 5.26 Å². The molecular weight excluding hydrogens is 186 g/mol. The molecule has 0 bridgehead atoms. The van der Waals surface area contributed by atoms with Crippen LogP contribution in [0.4, 0.5) is 0 Å². The van der Waals surface area contributed by atoms with Crippen LogP contribution in [-0.4, -0.2) is 9.97 Å². The van der Waals surface area contributed by atoms with Crippen LogP contribution in [0.15, 0.2) is 42.7 Å². The summed E-state index contributed by atoms with van der Waals surface area (Å²) in [6.45, 7) is 0. The summed E-state index contributed by atoms with van der Waals surface area (Å²) in [7, 11) is 0. The van der Waals surface area contributed by atoms with Gasteiger partial charge in [-0.05, 0) is 29.8 Å². The fourth-order valence-electron chi connectivity index (χ4n) is 1.33. The lowest BCUT2D eigenvalue weighted by atomic mass is 10.1. The summed E-state index contributed by atoms with van der Waals surface area (Å²) < 4.78 is 0. The number of hydrogen-bond donors (Lipinski definition) is 0. The van der Waals surface area contributed by atoms with E-state index in [1.54, 1.807) is 12.4 Å². The number of nitriles is 1. The molecule has 0 radical (unpaired) electrons. The van der Waals surface area contributed by atoms with Crippen LogP contribution in [0.25, 0.3) is 11.4 Å². The Balaban J connectivity index is 2.38. The molecule has 0 N–H and O–H groups in total. The molecule has 2 rings (SSSR count). The maximum absolute atomic E-state index is 8.60. The van der Waals surface area contributed by atoms with Crippen molar-refractivity contribution < 1.29 is 0 Å². The monoisotopic (exact) mass is 195 g/mol. The molecule has 2 heterocycles. The minimum absolute atomic E-state index is 0.405. The van der Waals surface area contributed by atoms with Crippen LogP contribution in [0, 0.1) is 11.3 Å². The van der Waals surface area contributed by atoms with Crippen molar-refractivity contribution in [3.05, 3.63) is 48.3 Å². The lowest BCUT2D eigenvalue weighted by molar-refractivity contribution is 1.19. The highest BCUT2D eigenvalue weighted by molar-refractivity contribution is 5.54. The Morgan fingerprint density at radius 1 is 1.07 bits per heavy atom. The van der Waals surface area contributed by atoms with Crippen molar-refractivity contribution in [2.75, 3.05) is 0 Å². The van der Waals surface area contributed by atoms with Crippen LogP contribution in [0.3, 0.4) is 0 Å². The van der Waals surface area contributed by atoms with E-state index in [2.05, 4.69) is 16.0 Å². The molecule has 0 saturated carbocycles. The van der Waals surface area contributed by atoms with E-state index in [4.69, 9.17) is 5.26 Å². The van der Waals surface area contributed by atoms with Crippen LogP contribution >= 0.6 is 0 Å². The van der Waals surface area contributed by atoms with Crippen LogP contribution in [0.2, 0.25) is 0 Å². The summed E-state index contributed by atoms with van der Waals surface area (Å²) in [6.07, 6.45) is 3.84. The maximum Gasteiger partial charge on any atom is 0.0889 e. The molecule has 0 unspecified atom stereocenters. The molecule has 3 heteroatoms. The standard InChI is InChI=1S/C12H9N3/c13-6-4-10-5-8-15-12(9-10)11-3-1-2-7-14-11/h1-3,5,7-9H,4H2. The maximum atomic E-state index is 8.60. The Morgan fingerprint density at radius 3 is 2.67 bits per heavy atom. The van der Waals surface area contributed by atoms with E-state index in [0.717, 1.165) is 17.0 Å². The topological polar surface area (TPSA) is 49.6 Å². The van der Waals surface area contributed by atoms with Crippen molar-refractivity contribution in [3.63, 3.8) is 0 Å². The summed E-state index contributed by atoms with van der Waals surface area (Å²) in [5.41, 5.74) is 2.61. The fourth-order valence-corrected chi connectivity index (χ4v) is 1.33. The first-order valence-electron chi connectivity index (χ1n) is 4.63. The summed E-state index contributed by atoms with van der Waals surface area (Å²) in [5, 5.41) is 8.60. The summed E-state index contributed by atoms with van der Waals surface area (Å²) >= 11 is 0. The predicted molar refractivity (Wildman–Crippen MR) is 56.8 cm³/mol. The molecule has 72 valence electrons. The fraction of sp³-hybridized carbons (Fsp3) is 0.0833. The zero-order chi connectivity index (χ0) is 10.5. The second-order valence-electron chi connectivity index (χ2n) is 3.10. The zero-order valence-electron chi connectivity index (χ0n) is 8.09. The molecule has 0 aliphatic rings. The molecule has 15 heavy (non-hydrogen) atoms. The second-order valence-corrected chi connectivity index (χ2v) is 3.10. The summed E-state index contributed by atoms with van der Waals surface area (Å²) in [4.78, 5) is 8.42. The van der Waals surface area contributed by atoms with Gasteiger partial charge in [0, 0.05) is 12.4 Å². The van der Waals surface area contributed by atoms with Gasteiger partial charge in [-0.3, -0.25) is 9.97 Å². The Hall–Kier alpha value is -2.21. The first-order chi connectivity index (χ1) is 7.40. The Bertz CT molecular complexity index is 486. The van der Waals surface area contributed by atoms with E-state index in [0.29, 0.717) is 6.42 Å². The van der Waals surface area contributed by atoms with Gasteiger partial charge in [0.2, 0.25) is 0 Å². The smallest absolute Gasteiger partial charge is 0.0889 e. The van der Waals surface area contributed by atoms with Gasteiger partial charge < -0.3 is 0 Å². The third kappa shape index (κ3) is 2.18. The minimum atomic E-state index is 0.405. The van der Waals surface area contributed by atoms with Gasteiger partial charge in [-0.2, -0.15) is 5.26 Å². The van der Waals surface area contributed by atoms with Gasteiger partial charge in [0.15, 0.2) is 0 Å². The molecule has 3 nitrogen and oxygen atoms in total. The van der Waals surface area contributed by atoms with Gasteiger partial charge in [-0.1, -0.05) is 6.07 Å². The van der Waals surface area contributed by atoms with Gasteiger partial charge in [-0.15, -0.1) is 0 Å². The molecular formula is C12H9N3. The van der Waals surface area contributed by atoms with Gasteiger partial charge >= 0.3 is 0 Å². The average Bonchev–Trinajstić information content (AvgIpc) is 2.31. The van der Waals surface area contributed by atoms with Crippen molar-refractivity contribution in [1.82, 2.24) is 9.97 Å². The van der Waals surface area contributed by atoms with Crippen LogP contribution in [-0.2, 0) is 6.42 Å². The predicted octanol–water partition coefficient (Wildman–Crippen LogP) is 2.21. The molecule has 0 spiro atoms. The first-order valence-corrected chi connectivity index (χ1v) is 4.63. The van der Waals surface area contributed by atoms with Crippen LogP contribution in [0.5, 0.6) is 0 Å². The minimum Gasteiger partial charge on any atom is -0.255 e. The SMILES string of the molecule is N#CCc1ccnc(-c2ccccn2)c1. The van der Waals surface area contributed by atoms with Gasteiger partial charge in [0.1, 0.15) is 0 Å². The third-order valence-electron chi connectivity index (χ3n) is 2.03. The molecule has 0 atom stereocenters. The largest absolute Gasteiger partial charge is 0.255 e. The van der Waals surface area contributed by atoms with Gasteiger partial charge in [-0.25, -0.2) is 0 Å². The Morgan fingerprint density at radius 2 is 1.93 bits per heavy atom. The summed E-state index contributed by atoms with van der Waals surface area (Å²) in [5.74, 6) is 0. The van der Waals surface area contributed by atoms with E-state index in [-0.39, 0.29) is 0 Å². The molecule has 0 amide bonds. The highest BCUT2D eigenvalue weighted by Crippen LogP contribution is 2.14. The van der Waals surface area contributed by atoms with Crippen molar-refractivity contribution in [2.24, 2.45) is 0 Å². The number of hydrogen-bond acceptors (Lipinski definition) is 3. The van der Waals surface area contributed by atoms with Crippen molar-refractivity contribution in [3.8, 4) is 17.5 Å². The van der Waals surface area contributed by atoms with Gasteiger partial charge in [0.25, 0.3) is 0 Å². The number of pyridine rings is 2. The highest BCUT2D eigenvalue weighted by atomic mass is 14.8. The molecule has 0 aromatic carbocycles.